The van der Waals surface area contributed by atoms with E-state index >= 15 is 0 Å². The lowest BCUT2D eigenvalue weighted by atomic mass is 10.0. The molecule has 5 nitrogen and oxygen atoms in total. The molecule has 0 radical (unpaired) electrons. The Morgan fingerprint density at radius 3 is 2.69 bits per heavy atom. The molecule has 26 heavy (non-hydrogen) atoms. The number of carbonyl (C=O) groups excluding carboxylic acids is 1. The summed E-state index contributed by atoms with van der Waals surface area (Å²) in [6, 6.07) is 16.0. The highest BCUT2D eigenvalue weighted by Crippen LogP contribution is 2.38. The van der Waals surface area contributed by atoms with E-state index in [4.69, 9.17) is 9.47 Å². The van der Waals surface area contributed by atoms with Crippen molar-refractivity contribution in [1.82, 2.24) is 10.2 Å². The standard InChI is InChI=1S/C21H26N2O3/c1-25-17-10-11-20(26-2)18(13-17)19-9-6-12-23(19)15-21(24)22-14-16-7-4-3-5-8-16/h3-5,7-8,10-11,13,19H,6,9,12,14-15H2,1-2H3,(H,22,24)/t19-/m1/s1. The molecule has 0 aliphatic carbocycles. The number of nitrogens with zero attached hydrogens (tertiary/aromatic N) is 1. The molecular weight excluding hydrogens is 328 g/mol. The number of amides is 1. The van der Waals surface area contributed by atoms with Gasteiger partial charge in [-0.15, -0.1) is 0 Å². The largest absolute Gasteiger partial charge is 0.497 e. The molecule has 1 N–H and O–H groups in total. The second kappa shape index (κ2) is 8.72. The minimum Gasteiger partial charge on any atom is -0.497 e. The summed E-state index contributed by atoms with van der Waals surface area (Å²) < 4.78 is 10.9. The van der Waals surface area contributed by atoms with E-state index in [1.807, 2.05) is 48.5 Å². The number of nitrogens with one attached hydrogen (secondary N) is 1. The van der Waals surface area contributed by atoms with E-state index in [-0.39, 0.29) is 11.9 Å². The van der Waals surface area contributed by atoms with Gasteiger partial charge < -0.3 is 14.8 Å². The van der Waals surface area contributed by atoms with Gasteiger partial charge in [0.25, 0.3) is 0 Å². The monoisotopic (exact) mass is 354 g/mol. The van der Waals surface area contributed by atoms with Crippen LogP contribution in [0.5, 0.6) is 11.5 Å². The Morgan fingerprint density at radius 1 is 1.15 bits per heavy atom. The topological polar surface area (TPSA) is 50.8 Å². The van der Waals surface area contributed by atoms with E-state index < -0.39 is 0 Å². The number of likely N-dealkylation sites (tertiary alicyclic amines) is 1. The van der Waals surface area contributed by atoms with Gasteiger partial charge in [-0.1, -0.05) is 30.3 Å². The lowest BCUT2D eigenvalue weighted by Gasteiger charge is -2.26. The molecule has 138 valence electrons. The van der Waals surface area contributed by atoms with Gasteiger partial charge in [0, 0.05) is 18.2 Å². The SMILES string of the molecule is COc1ccc(OC)c([C@H]2CCCN2CC(=O)NCc2ccccc2)c1. The molecule has 0 spiro atoms. The Labute approximate surface area is 154 Å². The van der Waals surface area contributed by atoms with Crippen LogP contribution in [0.25, 0.3) is 0 Å². The molecule has 1 saturated heterocycles. The van der Waals surface area contributed by atoms with Crippen molar-refractivity contribution in [2.24, 2.45) is 0 Å². The Bertz CT molecular complexity index is 733. The number of carbonyl (C=O) groups is 1. The second-order valence-corrected chi connectivity index (χ2v) is 6.50. The van der Waals surface area contributed by atoms with Gasteiger partial charge in [-0.2, -0.15) is 0 Å². The maximum Gasteiger partial charge on any atom is 0.234 e. The third-order valence-electron chi connectivity index (χ3n) is 4.84. The number of hydrogen-bond acceptors (Lipinski definition) is 4. The van der Waals surface area contributed by atoms with Crippen LogP contribution in [0.15, 0.2) is 48.5 Å². The number of rotatable bonds is 7. The lowest BCUT2D eigenvalue weighted by Crippen LogP contribution is -2.36. The summed E-state index contributed by atoms with van der Waals surface area (Å²) in [5.41, 5.74) is 2.19. The molecule has 1 fully saturated rings. The van der Waals surface area contributed by atoms with Gasteiger partial charge in [-0.25, -0.2) is 0 Å². The molecule has 1 aliphatic rings. The summed E-state index contributed by atoms with van der Waals surface area (Å²) in [5.74, 6) is 1.69. The Hall–Kier alpha value is -2.53. The molecule has 0 saturated carbocycles. The van der Waals surface area contributed by atoms with E-state index in [1.54, 1.807) is 14.2 Å². The van der Waals surface area contributed by atoms with Crippen LogP contribution in [0, 0.1) is 0 Å². The summed E-state index contributed by atoms with van der Waals surface area (Å²) in [6.45, 7) is 1.85. The van der Waals surface area contributed by atoms with E-state index in [9.17, 15) is 4.79 Å². The molecular formula is C21H26N2O3. The van der Waals surface area contributed by atoms with E-state index in [1.165, 1.54) is 0 Å². The zero-order valence-corrected chi connectivity index (χ0v) is 15.4. The van der Waals surface area contributed by atoms with Gasteiger partial charge in [0.1, 0.15) is 11.5 Å². The summed E-state index contributed by atoms with van der Waals surface area (Å²) >= 11 is 0. The fraction of sp³-hybridized carbons (Fsp3) is 0.381. The highest BCUT2D eigenvalue weighted by molar-refractivity contribution is 5.78. The van der Waals surface area contributed by atoms with Gasteiger partial charge in [-0.3, -0.25) is 9.69 Å². The van der Waals surface area contributed by atoms with Crippen molar-refractivity contribution in [2.75, 3.05) is 27.3 Å². The third kappa shape index (κ3) is 4.35. The van der Waals surface area contributed by atoms with E-state index in [2.05, 4.69) is 10.2 Å². The molecule has 1 heterocycles. The Balaban J connectivity index is 1.65. The van der Waals surface area contributed by atoms with Crippen molar-refractivity contribution in [3.63, 3.8) is 0 Å². The highest BCUT2D eigenvalue weighted by atomic mass is 16.5. The molecule has 0 bridgehead atoms. The van der Waals surface area contributed by atoms with Gasteiger partial charge in [-0.05, 0) is 43.1 Å². The molecule has 1 amide bonds. The molecule has 0 unspecified atom stereocenters. The molecule has 3 rings (SSSR count). The predicted octanol–water partition coefficient (Wildman–Crippen LogP) is 3.16. The molecule has 5 heteroatoms. The van der Waals surface area contributed by atoms with Crippen LogP contribution in [0.4, 0.5) is 0 Å². The van der Waals surface area contributed by atoms with Gasteiger partial charge >= 0.3 is 0 Å². The van der Waals surface area contributed by atoms with Crippen molar-refractivity contribution >= 4 is 5.91 Å². The zero-order chi connectivity index (χ0) is 18.4. The average Bonchev–Trinajstić information content (AvgIpc) is 3.14. The zero-order valence-electron chi connectivity index (χ0n) is 15.4. The third-order valence-corrected chi connectivity index (χ3v) is 4.84. The van der Waals surface area contributed by atoms with Crippen LogP contribution in [-0.2, 0) is 11.3 Å². The average molecular weight is 354 g/mol. The van der Waals surface area contributed by atoms with Crippen molar-refractivity contribution in [3.8, 4) is 11.5 Å². The van der Waals surface area contributed by atoms with E-state index in [0.717, 1.165) is 42.0 Å². The summed E-state index contributed by atoms with van der Waals surface area (Å²) in [5, 5.41) is 3.01. The molecule has 1 aliphatic heterocycles. The number of hydrogen-bond donors (Lipinski definition) is 1. The first-order chi connectivity index (χ1) is 12.7. The van der Waals surface area contributed by atoms with Gasteiger partial charge in [0.15, 0.2) is 0 Å². The number of benzene rings is 2. The molecule has 0 aromatic heterocycles. The first-order valence-electron chi connectivity index (χ1n) is 8.98. The Morgan fingerprint density at radius 2 is 1.96 bits per heavy atom. The van der Waals surface area contributed by atoms with Crippen LogP contribution >= 0.6 is 0 Å². The normalized spacial score (nSPS) is 17.1. The lowest BCUT2D eigenvalue weighted by molar-refractivity contribution is -0.122. The smallest absolute Gasteiger partial charge is 0.234 e. The Kier molecular flexibility index (Phi) is 6.12. The minimum absolute atomic E-state index is 0.0441. The quantitative estimate of drug-likeness (QED) is 0.830. The first kappa shape index (κ1) is 18.3. The van der Waals surface area contributed by atoms with Crippen molar-refractivity contribution < 1.29 is 14.3 Å². The van der Waals surface area contributed by atoms with Gasteiger partial charge in [0.2, 0.25) is 5.91 Å². The predicted molar refractivity (Wildman–Crippen MR) is 101 cm³/mol. The van der Waals surface area contributed by atoms with Crippen LogP contribution in [0.2, 0.25) is 0 Å². The first-order valence-corrected chi connectivity index (χ1v) is 8.98. The maximum atomic E-state index is 12.4. The van der Waals surface area contributed by atoms with Crippen molar-refractivity contribution in [3.05, 3.63) is 59.7 Å². The summed E-state index contributed by atoms with van der Waals surface area (Å²) in [7, 11) is 3.34. The number of ether oxygens (including phenoxy) is 2. The molecule has 2 aromatic rings. The van der Waals surface area contributed by atoms with Crippen LogP contribution in [0.3, 0.4) is 0 Å². The molecule has 1 atom stereocenters. The van der Waals surface area contributed by atoms with Crippen molar-refractivity contribution in [2.45, 2.75) is 25.4 Å². The minimum atomic E-state index is 0.0441. The fourth-order valence-electron chi connectivity index (χ4n) is 3.50. The van der Waals surface area contributed by atoms with Gasteiger partial charge in [0.05, 0.1) is 20.8 Å². The maximum absolute atomic E-state index is 12.4. The number of methoxy groups -OCH3 is 2. The van der Waals surface area contributed by atoms with E-state index in [0.29, 0.717) is 13.1 Å². The fourth-order valence-corrected chi connectivity index (χ4v) is 3.50. The molecule has 2 aromatic carbocycles. The van der Waals surface area contributed by atoms with Crippen LogP contribution < -0.4 is 14.8 Å². The second-order valence-electron chi connectivity index (χ2n) is 6.50. The highest BCUT2D eigenvalue weighted by Gasteiger charge is 2.30. The summed E-state index contributed by atoms with van der Waals surface area (Å²) in [4.78, 5) is 14.6. The van der Waals surface area contributed by atoms with Crippen LogP contribution in [0.1, 0.15) is 30.0 Å². The van der Waals surface area contributed by atoms with Crippen LogP contribution in [-0.4, -0.2) is 38.1 Å². The summed E-state index contributed by atoms with van der Waals surface area (Å²) in [6.07, 6.45) is 2.08. The van der Waals surface area contributed by atoms with Crippen molar-refractivity contribution in [1.29, 1.82) is 0 Å².